The third-order valence-electron chi connectivity index (χ3n) is 5.48. The Morgan fingerprint density at radius 2 is 2.04 bits per heavy atom. The zero-order valence-corrected chi connectivity index (χ0v) is 13.6. The molecule has 0 amide bonds. The van der Waals surface area contributed by atoms with Crippen LogP contribution >= 0.6 is 0 Å². The van der Waals surface area contributed by atoms with Gasteiger partial charge in [-0.1, -0.05) is 12.8 Å². The highest BCUT2D eigenvalue weighted by molar-refractivity contribution is 5.91. The average molecular weight is 315 g/mol. The number of fused-ring (bicyclic) bond motifs is 2. The number of nitrogens with zero attached hydrogens (tertiary/aromatic N) is 3. The maximum absolute atomic E-state index is 14.0. The van der Waals surface area contributed by atoms with Crippen molar-refractivity contribution in [1.82, 2.24) is 9.97 Å². The van der Waals surface area contributed by atoms with Crippen LogP contribution in [0.1, 0.15) is 39.0 Å². The summed E-state index contributed by atoms with van der Waals surface area (Å²) in [5.74, 6) is 1.55. The largest absolute Gasteiger partial charge is 0.494 e. The molecular weight excluding hydrogens is 293 g/mol. The van der Waals surface area contributed by atoms with E-state index in [0.717, 1.165) is 17.1 Å². The highest BCUT2D eigenvalue weighted by Crippen LogP contribution is 2.43. The minimum atomic E-state index is -0.380. The van der Waals surface area contributed by atoms with Gasteiger partial charge in [0.15, 0.2) is 11.6 Å². The van der Waals surface area contributed by atoms with Crippen LogP contribution in [-0.2, 0) is 0 Å². The van der Waals surface area contributed by atoms with E-state index >= 15 is 0 Å². The van der Waals surface area contributed by atoms with Gasteiger partial charge >= 0.3 is 0 Å². The first-order chi connectivity index (χ1) is 11.2. The molecule has 1 aliphatic heterocycles. The molecule has 1 aromatic carbocycles. The number of benzene rings is 1. The average Bonchev–Trinajstić information content (AvgIpc) is 2.89. The van der Waals surface area contributed by atoms with E-state index in [2.05, 4.69) is 21.8 Å². The first-order valence-corrected chi connectivity index (χ1v) is 8.45. The fraction of sp³-hybridized carbons (Fsp3) is 0.556. The number of ether oxygens (including phenoxy) is 1. The Morgan fingerprint density at radius 3 is 2.87 bits per heavy atom. The molecule has 2 aliphatic rings. The van der Waals surface area contributed by atoms with Gasteiger partial charge in [-0.2, -0.15) is 0 Å². The number of hydrogen-bond donors (Lipinski definition) is 0. The minimum Gasteiger partial charge on any atom is -0.494 e. The summed E-state index contributed by atoms with van der Waals surface area (Å²) in [7, 11) is 1.49. The molecular formula is C18H22FN3O. The van der Waals surface area contributed by atoms with Crippen molar-refractivity contribution in [2.75, 3.05) is 12.0 Å². The van der Waals surface area contributed by atoms with E-state index < -0.39 is 0 Å². The molecule has 0 spiro atoms. The molecule has 4 nitrogen and oxygen atoms in total. The Morgan fingerprint density at radius 1 is 1.22 bits per heavy atom. The smallest absolute Gasteiger partial charge is 0.167 e. The van der Waals surface area contributed by atoms with Gasteiger partial charge in [0, 0.05) is 23.5 Å². The van der Waals surface area contributed by atoms with Crippen molar-refractivity contribution in [3.8, 4) is 5.75 Å². The second-order valence-electron chi connectivity index (χ2n) is 6.81. The summed E-state index contributed by atoms with van der Waals surface area (Å²) < 4.78 is 19.1. The molecule has 1 aliphatic carbocycles. The molecule has 3 atom stereocenters. The van der Waals surface area contributed by atoms with Crippen LogP contribution in [0.2, 0.25) is 0 Å². The van der Waals surface area contributed by atoms with Crippen molar-refractivity contribution in [2.45, 2.75) is 51.1 Å². The van der Waals surface area contributed by atoms with Crippen molar-refractivity contribution in [3.05, 3.63) is 24.3 Å². The number of methoxy groups -OCH3 is 1. The van der Waals surface area contributed by atoms with Crippen molar-refractivity contribution in [3.63, 3.8) is 0 Å². The number of rotatable bonds is 2. The Labute approximate surface area is 135 Å². The lowest BCUT2D eigenvalue weighted by Crippen LogP contribution is -2.38. The zero-order valence-electron chi connectivity index (χ0n) is 13.6. The fourth-order valence-electron chi connectivity index (χ4n) is 4.48. The first kappa shape index (κ1) is 14.7. The van der Waals surface area contributed by atoms with Gasteiger partial charge in [-0.05, 0) is 38.2 Å². The lowest BCUT2D eigenvalue weighted by molar-refractivity contribution is 0.341. The molecule has 1 saturated heterocycles. The van der Waals surface area contributed by atoms with Gasteiger partial charge in [-0.15, -0.1) is 0 Å². The summed E-state index contributed by atoms with van der Waals surface area (Å²) in [6.07, 6.45) is 7.92. The predicted molar refractivity (Wildman–Crippen MR) is 88.4 cm³/mol. The molecule has 2 fully saturated rings. The molecule has 1 aromatic heterocycles. The van der Waals surface area contributed by atoms with Gasteiger partial charge in [0.25, 0.3) is 0 Å². The number of halogens is 1. The Kier molecular flexibility index (Phi) is 3.58. The SMILES string of the molecule is COc1cc2c(N3C(C)CC4CCCCC43)ncnc2cc1F. The molecule has 122 valence electrons. The first-order valence-electron chi connectivity index (χ1n) is 8.45. The Balaban J connectivity index is 1.84. The molecule has 23 heavy (non-hydrogen) atoms. The van der Waals surface area contributed by atoms with E-state index in [9.17, 15) is 4.39 Å². The van der Waals surface area contributed by atoms with E-state index in [-0.39, 0.29) is 11.6 Å². The minimum absolute atomic E-state index is 0.251. The molecule has 0 bridgehead atoms. The van der Waals surface area contributed by atoms with Gasteiger partial charge in [-0.25, -0.2) is 14.4 Å². The van der Waals surface area contributed by atoms with Crippen LogP contribution in [0.25, 0.3) is 10.9 Å². The summed E-state index contributed by atoms with van der Waals surface area (Å²) in [6.45, 7) is 2.27. The predicted octanol–water partition coefficient (Wildman–Crippen LogP) is 3.93. The normalized spacial score (nSPS) is 27.3. The van der Waals surface area contributed by atoms with Crippen LogP contribution in [0.3, 0.4) is 0 Å². The lowest BCUT2D eigenvalue weighted by atomic mass is 9.85. The molecule has 2 aromatic rings. The summed E-state index contributed by atoms with van der Waals surface area (Å²) in [4.78, 5) is 11.3. The second-order valence-corrected chi connectivity index (χ2v) is 6.81. The van der Waals surface area contributed by atoms with Gasteiger partial charge in [0.1, 0.15) is 12.1 Å². The summed E-state index contributed by atoms with van der Waals surface area (Å²) in [6, 6.07) is 4.19. The maximum Gasteiger partial charge on any atom is 0.167 e. The lowest BCUT2D eigenvalue weighted by Gasteiger charge is -2.34. The molecule has 4 rings (SSSR count). The molecule has 1 saturated carbocycles. The number of hydrogen-bond acceptors (Lipinski definition) is 4. The van der Waals surface area contributed by atoms with Crippen LogP contribution < -0.4 is 9.64 Å². The Hall–Kier alpha value is -1.91. The van der Waals surface area contributed by atoms with Gasteiger partial charge < -0.3 is 9.64 Å². The summed E-state index contributed by atoms with van der Waals surface area (Å²) in [5.41, 5.74) is 0.639. The van der Waals surface area contributed by atoms with Crippen molar-refractivity contribution in [2.24, 2.45) is 5.92 Å². The third-order valence-corrected chi connectivity index (χ3v) is 5.48. The van der Waals surface area contributed by atoms with Crippen LogP contribution in [0.5, 0.6) is 5.75 Å². The van der Waals surface area contributed by atoms with Crippen LogP contribution in [0, 0.1) is 11.7 Å². The van der Waals surface area contributed by atoms with E-state index in [1.165, 1.54) is 45.3 Å². The summed E-state index contributed by atoms with van der Waals surface area (Å²) >= 11 is 0. The van der Waals surface area contributed by atoms with Gasteiger partial charge in [0.05, 0.1) is 12.6 Å². The highest BCUT2D eigenvalue weighted by Gasteiger charge is 2.41. The molecule has 3 unspecified atom stereocenters. The number of anilines is 1. The standard InChI is InChI=1S/C18H22FN3O/c1-11-7-12-5-3-4-6-16(12)22(11)18-13-8-17(23-2)14(19)9-15(13)20-10-21-18/h8-12,16H,3-7H2,1-2H3. The van der Waals surface area contributed by atoms with Crippen molar-refractivity contribution < 1.29 is 9.13 Å². The van der Waals surface area contributed by atoms with Crippen LogP contribution in [0.15, 0.2) is 18.5 Å². The van der Waals surface area contributed by atoms with Crippen molar-refractivity contribution in [1.29, 1.82) is 0 Å². The topological polar surface area (TPSA) is 38.2 Å². The number of aromatic nitrogens is 2. The van der Waals surface area contributed by atoms with E-state index in [1.54, 1.807) is 12.4 Å². The summed E-state index contributed by atoms with van der Waals surface area (Å²) in [5, 5.41) is 0.879. The van der Waals surface area contributed by atoms with Crippen LogP contribution in [-0.4, -0.2) is 29.2 Å². The molecule has 2 heterocycles. The molecule has 5 heteroatoms. The van der Waals surface area contributed by atoms with E-state index in [1.807, 2.05) is 0 Å². The van der Waals surface area contributed by atoms with E-state index in [0.29, 0.717) is 17.6 Å². The van der Waals surface area contributed by atoms with Crippen molar-refractivity contribution >= 4 is 16.7 Å². The maximum atomic E-state index is 14.0. The van der Waals surface area contributed by atoms with E-state index in [4.69, 9.17) is 4.74 Å². The monoisotopic (exact) mass is 315 g/mol. The molecule has 0 radical (unpaired) electrons. The second kappa shape index (κ2) is 5.62. The zero-order chi connectivity index (χ0) is 16.0. The third kappa shape index (κ3) is 2.33. The van der Waals surface area contributed by atoms with Gasteiger partial charge in [0.2, 0.25) is 0 Å². The molecule has 0 N–H and O–H groups in total. The van der Waals surface area contributed by atoms with Gasteiger partial charge in [-0.3, -0.25) is 0 Å². The van der Waals surface area contributed by atoms with Crippen LogP contribution in [0.4, 0.5) is 10.2 Å². The highest BCUT2D eigenvalue weighted by atomic mass is 19.1. The Bertz CT molecular complexity index is 736. The fourth-order valence-corrected chi connectivity index (χ4v) is 4.48. The quantitative estimate of drug-likeness (QED) is 0.841.